The van der Waals surface area contributed by atoms with Gasteiger partial charge in [0.25, 0.3) is 0 Å². The van der Waals surface area contributed by atoms with Crippen molar-refractivity contribution < 1.29 is 16.3 Å². The van der Waals surface area contributed by atoms with Gasteiger partial charge >= 0.3 is 0 Å². The Balaban J connectivity index is 4.24. The van der Waals surface area contributed by atoms with E-state index in [9.17, 15) is 4.21 Å². The Hall–Kier alpha value is -0.380. The van der Waals surface area contributed by atoms with Crippen LogP contribution in [0, 0.1) is 0 Å². The Labute approximate surface area is 70.6 Å². The van der Waals surface area contributed by atoms with Crippen LogP contribution in [-0.4, -0.2) is 27.5 Å². The molecule has 0 aromatic rings. The van der Waals surface area contributed by atoms with Crippen LogP contribution in [0.2, 0.25) is 0 Å². The van der Waals surface area contributed by atoms with E-state index in [4.69, 9.17) is 12.1 Å². The molecule has 10 heavy (non-hydrogen) atoms. The average molecular weight is 168 g/mol. The van der Waals surface area contributed by atoms with E-state index in [0.717, 1.165) is 0 Å². The zero-order valence-corrected chi connectivity index (χ0v) is 6.23. The van der Waals surface area contributed by atoms with E-state index in [1.807, 2.05) is 0 Å². The fourth-order valence-electron chi connectivity index (χ4n) is 0.416. The summed E-state index contributed by atoms with van der Waals surface area (Å²) in [4.78, 5) is 0. The Kier molecular flexibility index (Phi) is 2.60. The minimum Gasteiger partial charge on any atom is -0.411 e. The third-order valence-corrected chi connectivity index (χ3v) is 1.29. The SMILES string of the molecule is [2H]C([2H])([2H])S(=O)C([2H])([2H])CCCC=NO. The number of rotatable bonds is 5. The molecule has 0 rings (SSSR count). The fourth-order valence-corrected chi connectivity index (χ4v) is 0.746. The van der Waals surface area contributed by atoms with Crippen LogP contribution in [0.5, 0.6) is 0 Å². The van der Waals surface area contributed by atoms with Crippen LogP contribution in [0.25, 0.3) is 0 Å². The maximum atomic E-state index is 11.2. The molecule has 0 aromatic carbocycles. The van der Waals surface area contributed by atoms with Crippen LogP contribution in [-0.2, 0) is 10.8 Å². The van der Waals surface area contributed by atoms with E-state index in [-0.39, 0.29) is 12.8 Å². The highest BCUT2D eigenvalue weighted by Gasteiger charge is 1.89. The van der Waals surface area contributed by atoms with Crippen molar-refractivity contribution >= 4 is 17.0 Å². The van der Waals surface area contributed by atoms with E-state index in [0.29, 0.717) is 6.42 Å². The standard InChI is InChI=1S/C6H13NO2S/c1-10(9)6-4-2-3-5-7-8/h5,8H,2-4,6H2,1H3/i1D3,6D2. The molecule has 0 fully saturated rings. The Bertz CT molecular complexity index is 252. The molecule has 0 bridgehead atoms. The van der Waals surface area contributed by atoms with Crippen LogP contribution in [0.15, 0.2) is 5.16 Å². The molecule has 3 nitrogen and oxygen atoms in total. The number of hydrogen-bond donors (Lipinski definition) is 1. The maximum Gasteiger partial charge on any atom is 0.0435 e. The van der Waals surface area contributed by atoms with E-state index in [1.165, 1.54) is 6.21 Å². The summed E-state index contributed by atoms with van der Waals surface area (Å²) in [6.07, 6.45) is -1.18. The van der Waals surface area contributed by atoms with Gasteiger partial charge in [-0.3, -0.25) is 4.21 Å². The quantitative estimate of drug-likeness (QED) is 0.288. The van der Waals surface area contributed by atoms with Gasteiger partial charge in [0, 0.05) is 35.8 Å². The van der Waals surface area contributed by atoms with Gasteiger partial charge < -0.3 is 5.21 Å². The summed E-state index contributed by atoms with van der Waals surface area (Å²) >= 11 is 0. The van der Waals surface area contributed by atoms with Gasteiger partial charge in [-0.25, -0.2) is 0 Å². The van der Waals surface area contributed by atoms with Crippen molar-refractivity contribution in [1.29, 1.82) is 0 Å². The number of nitrogens with zero attached hydrogens (tertiary/aromatic N) is 1. The fraction of sp³-hybridized carbons (Fsp3) is 0.833. The molecule has 0 aliphatic heterocycles. The van der Waals surface area contributed by atoms with Crippen molar-refractivity contribution in [3.8, 4) is 0 Å². The zero-order chi connectivity index (χ0) is 12.1. The summed E-state index contributed by atoms with van der Waals surface area (Å²) in [5.41, 5.74) is -2.24. The van der Waals surface area contributed by atoms with Gasteiger partial charge in [0.1, 0.15) is 0 Å². The van der Waals surface area contributed by atoms with Gasteiger partial charge in [-0.2, -0.15) is 0 Å². The first-order valence-electron chi connectivity index (χ1n) is 5.29. The number of unbranched alkanes of at least 4 members (excludes halogenated alkanes) is 1. The molecule has 1 atom stereocenters. The molecule has 0 amide bonds. The molecule has 0 saturated carbocycles. The normalized spacial score (nSPS) is 24.2. The molecule has 4 heteroatoms. The summed E-state index contributed by atoms with van der Waals surface area (Å²) in [6.45, 7) is 0. The summed E-state index contributed by atoms with van der Waals surface area (Å²) in [5, 5.41) is 10.8. The minimum atomic E-state index is -2.80. The molecule has 0 spiro atoms. The largest absolute Gasteiger partial charge is 0.411 e. The van der Waals surface area contributed by atoms with Crippen molar-refractivity contribution in [1.82, 2.24) is 0 Å². The highest BCUT2D eigenvalue weighted by atomic mass is 32.2. The summed E-state index contributed by atoms with van der Waals surface area (Å²) in [5.74, 6) is 0. The molecule has 1 N–H and O–H groups in total. The molecule has 0 heterocycles. The Morgan fingerprint density at radius 2 is 2.70 bits per heavy atom. The molecule has 0 radical (unpaired) electrons. The van der Waals surface area contributed by atoms with Gasteiger partial charge in [0.15, 0.2) is 0 Å². The van der Waals surface area contributed by atoms with Crippen LogP contribution < -0.4 is 0 Å². The molecule has 60 valence electrons. The first-order chi connectivity index (χ1) is 6.72. The second-order valence-electron chi connectivity index (χ2n) is 1.60. The van der Waals surface area contributed by atoms with Crippen LogP contribution in [0.4, 0.5) is 0 Å². The minimum absolute atomic E-state index is 0.149. The first-order valence-corrected chi connectivity index (χ1v) is 3.94. The Morgan fingerprint density at radius 3 is 3.30 bits per heavy atom. The lowest BCUT2D eigenvalue weighted by atomic mass is 10.3. The van der Waals surface area contributed by atoms with Crippen LogP contribution >= 0.6 is 0 Å². The van der Waals surface area contributed by atoms with Gasteiger partial charge in [0.2, 0.25) is 0 Å². The highest BCUT2D eigenvalue weighted by Crippen LogP contribution is 1.93. The van der Waals surface area contributed by atoms with Gasteiger partial charge in [-0.1, -0.05) is 0 Å². The second-order valence-corrected chi connectivity index (χ2v) is 2.43. The van der Waals surface area contributed by atoms with Gasteiger partial charge in [0.05, 0.1) is 0 Å². The maximum absolute atomic E-state index is 11.2. The lowest BCUT2D eigenvalue weighted by Gasteiger charge is -1.92. The molecule has 0 saturated heterocycles. The molecular weight excluding hydrogens is 150 g/mol. The summed E-state index contributed by atoms with van der Waals surface area (Å²) in [6, 6.07) is 0. The predicted molar refractivity (Wildman–Crippen MR) is 43.1 cm³/mol. The van der Waals surface area contributed by atoms with Crippen molar-refractivity contribution in [3.63, 3.8) is 0 Å². The lowest BCUT2D eigenvalue weighted by molar-refractivity contribution is 0.320. The second kappa shape index (κ2) is 6.74. The summed E-state index contributed by atoms with van der Waals surface area (Å²) < 4.78 is 46.4. The molecule has 0 aromatic heterocycles. The molecule has 0 aliphatic carbocycles. The average Bonchev–Trinajstić information content (AvgIpc) is 2.10. The van der Waals surface area contributed by atoms with E-state index >= 15 is 0 Å². The molecule has 1 unspecified atom stereocenters. The van der Waals surface area contributed by atoms with E-state index in [2.05, 4.69) is 5.16 Å². The van der Waals surface area contributed by atoms with Gasteiger partial charge in [-0.15, -0.1) is 5.16 Å². The van der Waals surface area contributed by atoms with Crippen LogP contribution in [0.3, 0.4) is 0 Å². The third-order valence-electron chi connectivity index (χ3n) is 0.825. The Morgan fingerprint density at radius 1 is 1.90 bits per heavy atom. The lowest BCUT2D eigenvalue weighted by Crippen LogP contribution is -1.93. The van der Waals surface area contributed by atoms with Gasteiger partial charge in [-0.05, 0) is 19.3 Å². The van der Waals surface area contributed by atoms with E-state index < -0.39 is 22.7 Å². The van der Waals surface area contributed by atoms with Crippen molar-refractivity contribution in [2.45, 2.75) is 19.3 Å². The third kappa shape index (κ3) is 7.62. The van der Waals surface area contributed by atoms with Crippen molar-refractivity contribution in [2.24, 2.45) is 5.16 Å². The smallest absolute Gasteiger partial charge is 0.0435 e. The van der Waals surface area contributed by atoms with Crippen molar-refractivity contribution in [3.05, 3.63) is 0 Å². The van der Waals surface area contributed by atoms with E-state index in [1.54, 1.807) is 0 Å². The van der Waals surface area contributed by atoms with Crippen molar-refractivity contribution in [2.75, 3.05) is 11.9 Å². The first kappa shape index (κ1) is 3.85. The number of oxime groups is 1. The topological polar surface area (TPSA) is 49.7 Å². The monoisotopic (exact) mass is 168 g/mol. The number of hydrogen-bond acceptors (Lipinski definition) is 3. The summed E-state index contributed by atoms with van der Waals surface area (Å²) in [7, 11) is -2.53. The molecular formula is C6H13NO2S. The molecule has 0 aliphatic rings. The highest BCUT2D eigenvalue weighted by molar-refractivity contribution is 7.84. The predicted octanol–water partition coefficient (Wildman–Crippen LogP) is 0.995. The zero-order valence-electron chi connectivity index (χ0n) is 10.4. The van der Waals surface area contributed by atoms with Crippen LogP contribution in [0.1, 0.15) is 26.1 Å².